The van der Waals surface area contributed by atoms with E-state index in [2.05, 4.69) is 29.1 Å². The lowest BCUT2D eigenvalue weighted by molar-refractivity contribution is 0.328. The van der Waals surface area contributed by atoms with Crippen molar-refractivity contribution in [1.82, 2.24) is 24.7 Å². The maximum Gasteiger partial charge on any atom is 0.222 e. The van der Waals surface area contributed by atoms with Gasteiger partial charge in [0.15, 0.2) is 0 Å². The summed E-state index contributed by atoms with van der Waals surface area (Å²) in [4.78, 5) is 13.7. The Hall–Kier alpha value is -3.68. The number of ether oxygens (including phenoxy) is 2. The quantitative estimate of drug-likeness (QED) is 0.428. The minimum absolute atomic E-state index is 0.194. The normalized spacial score (nSPS) is 11.2. The lowest BCUT2D eigenvalue weighted by atomic mass is 10.1. The molecule has 0 fully saturated rings. The molecule has 0 spiro atoms. The summed E-state index contributed by atoms with van der Waals surface area (Å²) in [5.74, 6) is 1.16. The van der Waals surface area contributed by atoms with Gasteiger partial charge in [0.1, 0.15) is 11.0 Å². The van der Waals surface area contributed by atoms with Crippen molar-refractivity contribution < 1.29 is 9.47 Å². The Labute approximate surface area is 187 Å². The minimum Gasteiger partial charge on any atom is -0.481 e. The Balaban J connectivity index is 1.81. The standard InChI is InChI=1S/C24H28N6O2/c1-6-32-24-18(8-7-11-25-24)19-12-20(26-13-17-9-10-21(31-5)27-14-17)23-22(28-19)16(4)29-30(23)15(2)3/h7-12,14-15H,6,13H2,1-5H3,(H,26,28). The Kier molecular flexibility index (Phi) is 6.20. The van der Waals surface area contributed by atoms with Crippen LogP contribution in [0.2, 0.25) is 0 Å². The maximum absolute atomic E-state index is 5.76. The second kappa shape index (κ2) is 9.21. The van der Waals surface area contributed by atoms with Gasteiger partial charge in [0.05, 0.1) is 36.4 Å². The highest BCUT2D eigenvalue weighted by Gasteiger charge is 2.19. The van der Waals surface area contributed by atoms with Crippen LogP contribution in [0.5, 0.6) is 11.8 Å². The summed E-state index contributed by atoms with van der Waals surface area (Å²) in [5.41, 5.74) is 6.34. The molecule has 8 nitrogen and oxygen atoms in total. The zero-order chi connectivity index (χ0) is 22.7. The molecule has 4 heterocycles. The number of hydrogen-bond donors (Lipinski definition) is 1. The SMILES string of the molecule is CCOc1ncccc1-c1cc(NCc2ccc(OC)nc2)c2c(n1)c(C)nn2C(C)C. The van der Waals surface area contributed by atoms with Crippen LogP contribution in [0.1, 0.15) is 38.1 Å². The third-order valence-corrected chi connectivity index (χ3v) is 5.13. The Morgan fingerprint density at radius 3 is 2.69 bits per heavy atom. The van der Waals surface area contributed by atoms with Crippen LogP contribution in [0.15, 0.2) is 42.7 Å². The highest BCUT2D eigenvalue weighted by atomic mass is 16.5. The van der Waals surface area contributed by atoms with Crippen LogP contribution in [0.25, 0.3) is 22.3 Å². The molecule has 8 heteroatoms. The van der Waals surface area contributed by atoms with Crippen LogP contribution in [0.4, 0.5) is 5.69 Å². The summed E-state index contributed by atoms with van der Waals surface area (Å²) in [6.45, 7) is 9.30. The molecule has 4 aromatic heterocycles. The van der Waals surface area contributed by atoms with Crippen LogP contribution >= 0.6 is 0 Å². The maximum atomic E-state index is 5.76. The van der Waals surface area contributed by atoms with E-state index in [1.54, 1.807) is 13.3 Å². The van der Waals surface area contributed by atoms with Gasteiger partial charge in [-0.1, -0.05) is 6.07 Å². The van der Waals surface area contributed by atoms with E-state index in [9.17, 15) is 0 Å². The van der Waals surface area contributed by atoms with Gasteiger partial charge >= 0.3 is 0 Å². The van der Waals surface area contributed by atoms with E-state index < -0.39 is 0 Å². The number of methoxy groups -OCH3 is 1. The lowest BCUT2D eigenvalue weighted by Crippen LogP contribution is -2.07. The number of nitrogens with zero attached hydrogens (tertiary/aromatic N) is 5. The second-order valence-electron chi connectivity index (χ2n) is 7.73. The van der Waals surface area contributed by atoms with Crippen molar-refractivity contribution in [2.24, 2.45) is 0 Å². The van der Waals surface area contributed by atoms with E-state index in [0.717, 1.165) is 39.2 Å². The molecule has 0 unspecified atom stereocenters. The highest BCUT2D eigenvalue weighted by molar-refractivity contribution is 5.93. The first kappa shape index (κ1) is 21.5. The molecule has 0 atom stereocenters. The number of fused-ring (bicyclic) bond motifs is 1. The highest BCUT2D eigenvalue weighted by Crippen LogP contribution is 2.34. The van der Waals surface area contributed by atoms with Gasteiger partial charge in [0.25, 0.3) is 0 Å². The zero-order valence-electron chi connectivity index (χ0n) is 19.1. The fourth-order valence-electron chi connectivity index (χ4n) is 3.60. The summed E-state index contributed by atoms with van der Waals surface area (Å²) in [6.07, 6.45) is 3.54. The van der Waals surface area contributed by atoms with Gasteiger partial charge in [0.2, 0.25) is 11.8 Å². The van der Waals surface area contributed by atoms with Crippen LogP contribution in [-0.2, 0) is 6.54 Å². The predicted octanol–water partition coefficient (Wildman–Crippen LogP) is 4.80. The molecule has 0 aliphatic rings. The smallest absolute Gasteiger partial charge is 0.222 e. The van der Waals surface area contributed by atoms with Crippen molar-refractivity contribution in [1.29, 1.82) is 0 Å². The van der Waals surface area contributed by atoms with Crippen molar-refractivity contribution in [3.63, 3.8) is 0 Å². The average Bonchev–Trinajstić information content (AvgIpc) is 3.15. The van der Waals surface area contributed by atoms with Gasteiger partial charge in [0, 0.05) is 31.0 Å². The lowest BCUT2D eigenvalue weighted by Gasteiger charge is -2.15. The van der Waals surface area contributed by atoms with Crippen molar-refractivity contribution in [2.45, 2.75) is 40.3 Å². The van der Waals surface area contributed by atoms with Gasteiger partial charge in [-0.3, -0.25) is 4.68 Å². The van der Waals surface area contributed by atoms with Crippen LogP contribution in [0, 0.1) is 6.92 Å². The second-order valence-corrected chi connectivity index (χ2v) is 7.73. The fraction of sp³-hybridized carbons (Fsp3) is 0.333. The Morgan fingerprint density at radius 2 is 2.00 bits per heavy atom. The van der Waals surface area contributed by atoms with E-state index >= 15 is 0 Å². The van der Waals surface area contributed by atoms with Crippen LogP contribution < -0.4 is 14.8 Å². The molecule has 0 aromatic carbocycles. The predicted molar refractivity (Wildman–Crippen MR) is 125 cm³/mol. The van der Waals surface area contributed by atoms with Gasteiger partial charge in [-0.15, -0.1) is 0 Å². The van der Waals surface area contributed by atoms with E-state index in [4.69, 9.17) is 19.6 Å². The third kappa shape index (κ3) is 4.21. The average molecular weight is 433 g/mol. The topological polar surface area (TPSA) is 87.0 Å². The molecule has 1 N–H and O–H groups in total. The summed E-state index contributed by atoms with van der Waals surface area (Å²) in [7, 11) is 1.61. The molecule has 0 bridgehead atoms. The first-order valence-corrected chi connectivity index (χ1v) is 10.7. The summed E-state index contributed by atoms with van der Waals surface area (Å²) < 4.78 is 12.9. The van der Waals surface area contributed by atoms with Crippen LogP contribution in [-0.4, -0.2) is 38.4 Å². The van der Waals surface area contributed by atoms with E-state index in [0.29, 0.717) is 24.9 Å². The van der Waals surface area contributed by atoms with Crippen molar-refractivity contribution in [3.8, 4) is 23.0 Å². The summed E-state index contributed by atoms with van der Waals surface area (Å²) in [5, 5.41) is 8.33. The summed E-state index contributed by atoms with van der Waals surface area (Å²) >= 11 is 0. The van der Waals surface area contributed by atoms with Gasteiger partial charge < -0.3 is 14.8 Å². The molecule has 32 heavy (non-hydrogen) atoms. The Morgan fingerprint density at radius 1 is 1.16 bits per heavy atom. The molecule has 166 valence electrons. The number of pyridine rings is 3. The fourth-order valence-corrected chi connectivity index (χ4v) is 3.60. The van der Waals surface area contributed by atoms with E-state index in [1.165, 1.54) is 0 Å². The molecular weight excluding hydrogens is 404 g/mol. The number of hydrogen-bond acceptors (Lipinski definition) is 7. The molecule has 0 saturated heterocycles. The molecule has 4 aromatic rings. The van der Waals surface area contributed by atoms with E-state index in [1.807, 2.05) is 55.1 Å². The number of rotatable bonds is 8. The van der Waals surface area contributed by atoms with Crippen LogP contribution in [0.3, 0.4) is 0 Å². The minimum atomic E-state index is 0.194. The van der Waals surface area contributed by atoms with Gasteiger partial charge in [-0.05, 0) is 51.5 Å². The monoisotopic (exact) mass is 432 g/mol. The van der Waals surface area contributed by atoms with Gasteiger partial charge in [-0.25, -0.2) is 15.0 Å². The third-order valence-electron chi connectivity index (χ3n) is 5.13. The molecular formula is C24H28N6O2. The van der Waals surface area contributed by atoms with Crippen molar-refractivity contribution in [3.05, 3.63) is 54.0 Å². The number of anilines is 1. The first-order valence-electron chi connectivity index (χ1n) is 10.7. The number of aryl methyl sites for hydroxylation is 1. The number of aromatic nitrogens is 5. The van der Waals surface area contributed by atoms with E-state index in [-0.39, 0.29) is 6.04 Å². The largest absolute Gasteiger partial charge is 0.481 e. The molecule has 4 rings (SSSR count). The van der Waals surface area contributed by atoms with Gasteiger partial charge in [-0.2, -0.15) is 5.10 Å². The van der Waals surface area contributed by atoms with Crippen molar-refractivity contribution >= 4 is 16.7 Å². The van der Waals surface area contributed by atoms with Crippen molar-refractivity contribution in [2.75, 3.05) is 19.0 Å². The summed E-state index contributed by atoms with van der Waals surface area (Å²) in [6, 6.07) is 9.96. The Bertz CT molecular complexity index is 1220. The number of nitrogens with one attached hydrogen (secondary N) is 1. The molecule has 0 saturated carbocycles. The molecule has 0 aliphatic heterocycles. The molecule has 0 radical (unpaired) electrons. The molecule has 0 amide bonds. The molecule has 0 aliphatic carbocycles. The first-order chi connectivity index (χ1) is 15.5. The zero-order valence-corrected chi connectivity index (χ0v) is 19.1.